The van der Waals surface area contributed by atoms with Gasteiger partial charge in [-0.25, -0.2) is 13.1 Å². The van der Waals surface area contributed by atoms with Crippen LogP contribution in [0.25, 0.3) is 0 Å². The molecule has 0 aliphatic rings. The van der Waals surface area contributed by atoms with E-state index >= 15 is 0 Å². The summed E-state index contributed by atoms with van der Waals surface area (Å²) in [6.07, 6.45) is 4.31. The van der Waals surface area contributed by atoms with E-state index < -0.39 is 10.0 Å². The van der Waals surface area contributed by atoms with Crippen molar-refractivity contribution in [3.63, 3.8) is 0 Å². The lowest BCUT2D eigenvalue weighted by Gasteiger charge is -2.07. The number of anilines is 2. The van der Waals surface area contributed by atoms with Crippen molar-refractivity contribution in [2.45, 2.75) is 18.2 Å². The van der Waals surface area contributed by atoms with Gasteiger partial charge in [-0.1, -0.05) is 6.92 Å². The molecule has 1 heterocycles. The van der Waals surface area contributed by atoms with Crippen LogP contribution in [-0.2, 0) is 17.1 Å². The minimum atomic E-state index is -3.40. The van der Waals surface area contributed by atoms with Gasteiger partial charge < -0.3 is 5.32 Å². The molecule has 7 heteroatoms. The van der Waals surface area contributed by atoms with Crippen molar-refractivity contribution in [1.82, 2.24) is 14.5 Å². The highest BCUT2D eigenvalue weighted by atomic mass is 32.2. The second-order valence-electron chi connectivity index (χ2n) is 4.45. The summed E-state index contributed by atoms with van der Waals surface area (Å²) in [5.41, 5.74) is 1.67. The number of aryl methyl sites for hydroxylation is 1. The Balaban J connectivity index is 2.10. The van der Waals surface area contributed by atoms with Gasteiger partial charge in [0.25, 0.3) is 0 Å². The third-order valence-electron chi connectivity index (χ3n) is 2.70. The van der Waals surface area contributed by atoms with Crippen molar-refractivity contribution in [3.8, 4) is 0 Å². The summed E-state index contributed by atoms with van der Waals surface area (Å²) in [6, 6.07) is 6.62. The fourth-order valence-corrected chi connectivity index (χ4v) is 2.82. The second-order valence-corrected chi connectivity index (χ2v) is 6.22. The van der Waals surface area contributed by atoms with Gasteiger partial charge in [-0.3, -0.25) is 4.68 Å². The predicted molar refractivity (Wildman–Crippen MR) is 78.4 cm³/mol. The van der Waals surface area contributed by atoms with Gasteiger partial charge in [0.05, 0.1) is 16.8 Å². The maximum absolute atomic E-state index is 11.9. The first kappa shape index (κ1) is 14.5. The van der Waals surface area contributed by atoms with E-state index in [4.69, 9.17) is 0 Å². The predicted octanol–water partition coefficient (Wildman–Crippen LogP) is 1.85. The van der Waals surface area contributed by atoms with Crippen LogP contribution >= 0.6 is 0 Å². The van der Waals surface area contributed by atoms with Crippen LogP contribution in [0.15, 0.2) is 41.6 Å². The number of nitrogens with one attached hydrogen (secondary N) is 2. The topological polar surface area (TPSA) is 76.0 Å². The lowest BCUT2D eigenvalue weighted by molar-refractivity contribution is 0.581. The van der Waals surface area contributed by atoms with Crippen LogP contribution < -0.4 is 10.0 Å². The summed E-state index contributed by atoms with van der Waals surface area (Å²) in [5.74, 6) is 0. The average Bonchev–Trinajstić information content (AvgIpc) is 2.82. The van der Waals surface area contributed by atoms with E-state index in [0.29, 0.717) is 6.54 Å². The summed E-state index contributed by atoms with van der Waals surface area (Å²) >= 11 is 0. The van der Waals surface area contributed by atoms with Crippen LogP contribution in [0.5, 0.6) is 0 Å². The first-order valence-electron chi connectivity index (χ1n) is 6.36. The molecule has 2 N–H and O–H groups in total. The number of hydrogen-bond acceptors (Lipinski definition) is 4. The average molecular weight is 294 g/mol. The normalized spacial score (nSPS) is 11.5. The zero-order valence-corrected chi connectivity index (χ0v) is 12.3. The van der Waals surface area contributed by atoms with Gasteiger partial charge in [0.2, 0.25) is 10.0 Å². The van der Waals surface area contributed by atoms with Crippen molar-refractivity contribution < 1.29 is 8.42 Å². The van der Waals surface area contributed by atoms with Gasteiger partial charge >= 0.3 is 0 Å². The van der Waals surface area contributed by atoms with Crippen LogP contribution in [0.2, 0.25) is 0 Å². The first-order chi connectivity index (χ1) is 9.51. The van der Waals surface area contributed by atoms with Crippen LogP contribution in [-0.4, -0.2) is 24.7 Å². The van der Waals surface area contributed by atoms with Gasteiger partial charge in [0, 0.05) is 25.5 Å². The smallest absolute Gasteiger partial charge is 0.240 e. The van der Waals surface area contributed by atoms with Gasteiger partial charge in [0.15, 0.2) is 0 Å². The summed E-state index contributed by atoms with van der Waals surface area (Å²) in [4.78, 5) is 0.266. The molecule has 0 aliphatic heterocycles. The van der Waals surface area contributed by atoms with E-state index in [1.165, 1.54) is 0 Å². The molecule has 2 aromatic rings. The molecule has 0 saturated heterocycles. The maximum atomic E-state index is 11.9. The fraction of sp³-hybridized carbons (Fsp3) is 0.308. The molecule has 0 spiro atoms. The Kier molecular flexibility index (Phi) is 4.41. The van der Waals surface area contributed by atoms with Crippen molar-refractivity contribution in [2.75, 3.05) is 11.9 Å². The molecular formula is C13H18N4O2S. The zero-order valence-electron chi connectivity index (χ0n) is 11.5. The lowest BCUT2D eigenvalue weighted by atomic mass is 10.3. The van der Waals surface area contributed by atoms with Gasteiger partial charge in [0.1, 0.15) is 0 Å². The van der Waals surface area contributed by atoms with E-state index in [9.17, 15) is 8.42 Å². The summed E-state index contributed by atoms with van der Waals surface area (Å²) < 4.78 is 28.1. The molecule has 2 rings (SSSR count). The van der Waals surface area contributed by atoms with Crippen LogP contribution in [0.1, 0.15) is 13.3 Å². The highest BCUT2D eigenvalue weighted by Gasteiger charge is 2.12. The van der Waals surface area contributed by atoms with E-state index in [2.05, 4.69) is 15.1 Å². The number of rotatable bonds is 6. The molecule has 0 radical (unpaired) electrons. The molecular weight excluding hydrogens is 276 g/mol. The maximum Gasteiger partial charge on any atom is 0.240 e. The number of aromatic nitrogens is 2. The minimum absolute atomic E-state index is 0.266. The number of benzene rings is 1. The highest BCUT2D eigenvalue weighted by Crippen LogP contribution is 2.18. The van der Waals surface area contributed by atoms with Crippen LogP contribution in [0.3, 0.4) is 0 Å². The number of nitrogens with zero attached hydrogens (tertiary/aromatic N) is 2. The third-order valence-corrected chi connectivity index (χ3v) is 4.18. The Morgan fingerprint density at radius 3 is 2.45 bits per heavy atom. The first-order valence-corrected chi connectivity index (χ1v) is 7.85. The summed E-state index contributed by atoms with van der Waals surface area (Å²) in [7, 11) is -1.57. The Morgan fingerprint density at radius 1 is 1.20 bits per heavy atom. The Morgan fingerprint density at radius 2 is 1.90 bits per heavy atom. The molecule has 0 bridgehead atoms. The molecule has 108 valence electrons. The fourth-order valence-electron chi connectivity index (χ4n) is 1.69. The summed E-state index contributed by atoms with van der Waals surface area (Å²) in [5, 5.41) is 7.20. The van der Waals surface area contributed by atoms with Crippen molar-refractivity contribution >= 4 is 21.4 Å². The third kappa shape index (κ3) is 3.58. The standard InChI is InChI=1S/C13H18N4O2S/c1-3-8-15-20(18,19)13-6-4-11(5-7-13)16-12-9-14-17(2)10-12/h4-7,9-10,15-16H,3,8H2,1-2H3. The molecule has 0 fully saturated rings. The molecule has 1 aromatic carbocycles. The molecule has 0 aliphatic carbocycles. The molecule has 20 heavy (non-hydrogen) atoms. The number of hydrogen-bond donors (Lipinski definition) is 2. The van der Waals surface area contributed by atoms with Crippen molar-refractivity contribution in [1.29, 1.82) is 0 Å². The summed E-state index contributed by atoms with van der Waals surface area (Å²) in [6.45, 7) is 2.36. The van der Waals surface area contributed by atoms with E-state index in [-0.39, 0.29) is 4.90 Å². The quantitative estimate of drug-likeness (QED) is 0.852. The van der Waals surface area contributed by atoms with Crippen LogP contribution in [0, 0.1) is 0 Å². The lowest BCUT2D eigenvalue weighted by Crippen LogP contribution is -2.24. The molecule has 1 aromatic heterocycles. The Labute approximate surface area is 118 Å². The van der Waals surface area contributed by atoms with Gasteiger partial charge in [-0.05, 0) is 30.7 Å². The SMILES string of the molecule is CCCNS(=O)(=O)c1ccc(Nc2cnn(C)c2)cc1. The molecule has 0 atom stereocenters. The van der Waals surface area contributed by atoms with E-state index in [0.717, 1.165) is 17.8 Å². The number of sulfonamides is 1. The second kappa shape index (κ2) is 6.06. The largest absolute Gasteiger partial charge is 0.353 e. The minimum Gasteiger partial charge on any atom is -0.353 e. The van der Waals surface area contributed by atoms with Gasteiger partial charge in [-0.15, -0.1) is 0 Å². The van der Waals surface area contributed by atoms with Crippen molar-refractivity contribution in [3.05, 3.63) is 36.7 Å². The monoisotopic (exact) mass is 294 g/mol. The molecule has 6 nitrogen and oxygen atoms in total. The highest BCUT2D eigenvalue weighted by molar-refractivity contribution is 7.89. The van der Waals surface area contributed by atoms with Crippen molar-refractivity contribution in [2.24, 2.45) is 7.05 Å². The molecule has 0 saturated carbocycles. The molecule has 0 unspecified atom stereocenters. The Bertz CT molecular complexity index is 662. The zero-order chi connectivity index (χ0) is 14.6. The van der Waals surface area contributed by atoms with E-state index in [1.54, 1.807) is 35.1 Å². The molecule has 0 amide bonds. The van der Waals surface area contributed by atoms with Crippen LogP contribution in [0.4, 0.5) is 11.4 Å². The Hall–Kier alpha value is -1.86. The van der Waals surface area contributed by atoms with Gasteiger partial charge in [-0.2, -0.15) is 5.10 Å². The van der Waals surface area contributed by atoms with E-state index in [1.807, 2.05) is 20.2 Å².